The Labute approximate surface area is 147 Å². The van der Waals surface area contributed by atoms with E-state index in [0.717, 1.165) is 11.8 Å². The largest absolute Gasteiger partial charge is 0.349 e. The Morgan fingerprint density at radius 1 is 1.43 bits per heavy atom. The van der Waals surface area contributed by atoms with E-state index < -0.39 is 10.2 Å². The van der Waals surface area contributed by atoms with E-state index in [-0.39, 0.29) is 11.9 Å². The molecule has 0 saturated carbocycles. The van der Waals surface area contributed by atoms with Crippen molar-refractivity contribution in [2.24, 2.45) is 0 Å². The second-order valence-electron chi connectivity index (χ2n) is 5.50. The molecule has 3 rings (SSSR count). The third-order valence-electron chi connectivity index (χ3n) is 3.73. The van der Waals surface area contributed by atoms with Crippen molar-refractivity contribution in [1.29, 1.82) is 0 Å². The fraction of sp³-hybridized carbons (Fsp3) is 0.385. The van der Waals surface area contributed by atoms with Gasteiger partial charge in [0.25, 0.3) is 5.91 Å². The molecule has 0 bridgehead atoms. The molecule has 2 aromatic rings. The molecule has 1 aliphatic heterocycles. The van der Waals surface area contributed by atoms with Crippen molar-refractivity contribution in [2.75, 3.05) is 20.6 Å². The molecule has 1 amide bonds. The summed E-state index contributed by atoms with van der Waals surface area (Å²) in [5.41, 5.74) is 1.28. The summed E-state index contributed by atoms with van der Waals surface area (Å²) in [5.74, 6) is -0.0927. The van der Waals surface area contributed by atoms with E-state index in [1.807, 2.05) is 16.8 Å². The summed E-state index contributed by atoms with van der Waals surface area (Å²) in [5, 5.41) is 2.85. The Balaban J connectivity index is 1.85. The number of halogens is 1. The predicted molar refractivity (Wildman–Crippen MR) is 92.5 cm³/mol. The monoisotopic (exact) mass is 449 g/mol. The lowest BCUT2D eigenvalue weighted by molar-refractivity contribution is 0.0914. The Morgan fingerprint density at radius 3 is 2.87 bits per heavy atom. The molecular formula is C13H16IN5O3S. The van der Waals surface area contributed by atoms with Gasteiger partial charge < -0.3 is 9.88 Å². The molecule has 1 atom stereocenters. The number of nitrogens with one attached hydrogen (secondary N) is 1. The fourth-order valence-corrected chi connectivity index (χ4v) is 3.90. The molecule has 1 N–H and O–H groups in total. The first-order chi connectivity index (χ1) is 10.8. The summed E-state index contributed by atoms with van der Waals surface area (Å²) in [6, 6.07) is 1.84. The van der Waals surface area contributed by atoms with Crippen molar-refractivity contribution in [2.45, 2.75) is 12.5 Å². The van der Waals surface area contributed by atoms with Gasteiger partial charge in [-0.25, -0.2) is 8.96 Å². The summed E-state index contributed by atoms with van der Waals surface area (Å²) in [4.78, 5) is 16.1. The summed E-state index contributed by atoms with van der Waals surface area (Å²) in [7, 11) is -0.608. The van der Waals surface area contributed by atoms with Gasteiger partial charge in [0, 0.05) is 43.0 Å². The fourth-order valence-electron chi connectivity index (χ4n) is 2.51. The van der Waals surface area contributed by atoms with Crippen LogP contribution in [-0.4, -0.2) is 52.8 Å². The van der Waals surface area contributed by atoms with E-state index in [2.05, 4.69) is 32.9 Å². The average molecular weight is 449 g/mol. The van der Waals surface area contributed by atoms with Gasteiger partial charge in [-0.3, -0.25) is 4.79 Å². The Morgan fingerprint density at radius 2 is 2.17 bits per heavy atom. The van der Waals surface area contributed by atoms with Crippen molar-refractivity contribution >= 4 is 38.7 Å². The van der Waals surface area contributed by atoms with Crippen LogP contribution in [0.4, 0.5) is 0 Å². The van der Waals surface area contributed by atoms with E-state index in [1.54, 1.807) is 0 Å². The van der Waals surface area contributed by atoms with E-state index in [4.69, 9.17) is 0 Å². The molecule has 3 heterocycles. The third-order valence-corrected chi connectivity index (χ3v) is 5.97. The smallest absolute Gasteiger partial charge is 0.308 e. The van der Waals surface area contributed by atoms with Crippen LogP contribution in [-0.2, 0) is 16.6 Å². The number of hydrogen-bond acceptors (Lipinski definition) is 4. The summed E-state index contributed by atoms with van der Waals surface area (Å²) >= 11 is 2.17. The molecule has 0 fully saturated rings. The first kappa shape index (κ1) is 16.5. The Bertz CT molecular complexity index is 855. The number of rotatable bonds is 4. The van der Waals surface area contributed by atoms with Crippen molar-refractivity contribution in [3.63, 3.8) is 0 Å². The van der Waals surface area contributed by atoms with Crippen LogP contribution < -0.4 is 5.32 Å². The molecule has 2 aromatic heterocycles. The van der Waals surface area contributed by atoms with E-state index in [0.29, 0.717) is 24.4 Å². The minimum Gasteiger partial charge on any atom is -0.349 e. The number of imidazole rings is 1. The average Bonchev–Trinajstić information content (AvgIpc) is 3.09. The Hall–Kier alpha value is -1.40. The number of carbonyl (C=O) groups is 1. The number of amides is 1. The van der Waals surface area contributed by atoms with Crippen molar-refractivity contribution in [3.8, 4) is 0 Å². The Kier molecular flexibility index (Phi) is 4.23. The van der Waals surface area contributed by atoms with E-state index in [9.17, 15) is 13.2 Å². The van der Waals surface area contributed by atoms with Gasteiger partial charge in [-0.15, -0.1) is 0 Å². The maximum Gasteiger partial charge on any atom is 0.308 e. The normalized spacial score (nSPS) is 18.1. The zero-order valence-corrected chi connectivity index (χ0v) is 15.6. The van der Waals surface area contributed by atoms with Crippen molar-refractivity contribution in [1.82, 2.24) is 23.1 Å². The van der Waals surface area contributed by atoms with Gasteiger partial charge >= 0.3 is 10.2 Å². The van der Waals surface area contributed by atoms with Gasteiger partial charge in [-0.1, -0.05) is 0 Å². The highest BCUT2D eigenvalue weighted by Crippen LogP contribution is 2.23. The molecule has 0 spiro atoms. The molecule has 8 nitrogen and oxygen atoms in total. The minimum atomic E-state index is -3.55. The van der Waals surface area contributed by atoms with Gasteiger partial charge in [-0.2, -0.15) is 12.7 Å². The highest BCUT2D eigenvalue weighted by Gasteiger charge is 2.26. The molecular weight excluding hydrogens is 433 g/mol. The van der Waals surface area contributed by atoms with E-state index in [1.165, 1.54) is 26.6 Å². The van der Waals surface area contributed by atoms with Crippen LogP contribution >= 0.6 is 22.6 Å². The number of hydrogen-bond donors (Lipinski definition) is 1. The number of carbonyl (C=O) groups excluding carboxylic acids is 1. The maximum atomic E-state index is 12.1. The van der Waals surface area contributed by atoms with Crippen LogP contribution in [0, 0.1) is 3.57 Å². The number of nitrogens with zero attached hydrogens (tertiary/aromatic N) is 4. The second kappa shape index (κ2) is 5.91. The van der Waals surface area contributed by atoms with Crippen molar-refractivity contribution in [3.05, 3.63) is 39.7 Å². The molecule has 124 valence electrons. The van der Waals surface area contributed by atoms with Crippen LogP contribution in [0.1, 0.15) is 22.2 Å². The molecule has 10 heteroatoms. The zero-order valence-electron chi connectivity index (χ0n) is 12.6. The van der Waals surface area contributed by atoms with Crippen LogP contribution in [0.2, 0.25) is 0 Å². The third kappa shape index (κ3) is 3.02. The van der Waals surface area contributed by atoms with Crippen LogP contribution in [0.15, 0.2) is 24.8 Å². The lowest BCUT2D eigenvalue weighted by Crippen LogP contribution is -2.39. The van der Waals surface area contributed by atoms with Gasteiger partial charge in [0.1, 0.15) is 12.0 Å². The van der Waals surface area contributed by atoms with Crippen LogP contribution in [0.5, 0.6) is 0 Å². The van der Waals surface area contributed by atoms with E-state index >= 15 is 0 Å². The first-order valence-corrected chi connectivity index (χ1v) is 9.38. The number of aromatic nitrogens is 3. The summed E-state index contributed by atoms with van der Waals surface area (Å²) < 4.78 is 29.3. The standard InChI is InChI=1S/C13H16IN5O3S/c1-17(2)23(21,22)18-7-10(16-8-18)4-11-5-15-13(20)12-3-9(14)6-19(11)12/h3,6-8,11H,4-5H2,1-2H3,(H,15,20)/t11-/m0/s1. The summed E-state index contributed by atoms with van der Waals surface area (Å²) in [6.07, 6.45) is 5.27. The first-order valence-electron chi connectivity index (χ1n) is 6.90. The quantitative estimate of drug-likeness (QED) is 0.688. The lowest BCUT2D eigenvalue weighted by Gasteiger charge is -2.25. The van der Waals surface area contributed by atoms with Gasteiger partial charge in [-0.05, 0) is 28.7 Å². The van der Waals surface area contributed by atoms with Gasteiger partial charge in [0.05, 0.1) is 11.7 Å². The van der Waals surface area contributed by atoms with Gasteiger partial charge in [0.15, 0.2) is 0 Å². The SMILES string of the molecule is CN(C)S(=O)(=O)n1cnc(C[C@H]2CNC(=O)c3cc(I)cn32)c1. The van der Waals surface area contributed by atoms with Crippen LogP contribution in [0.25, 0.3) is 0 Å². The highest BCUT2D eigenvalue weighted by atomic mass is 127. The molecule has 0 aliphatic carbocycles. The van der Waals surface area contributed by atoms with Crippen LogP contribution in [0.3, 0.4) is 0 Å². The molecule has 1 aliphatic rings. The predicted octanol–water partition coefficient (Wildman–Crippen LogP) is 0.471. The molecule has 0 saturated heterocycles. The molecule has 23 heavy (non-hydrogen) atoms. The minimum absolute atomic E-state index is 0.0108. The number of fused-ring (bicyclic) bond motifs is 1. The molecule has 0 radical (unpaired) electrons. The maximum absolute atomic E-state index is 12.1. The second-order valence-corrected chi connectivity index (χ2v) is 8.80. The molecule has 0 aromatic carbocycles. The van der Waals surface area contributed by atoms with Gasteiger partial charge in [0.2, 0.25) is 0 Å². The molecule has 0 unspecified atom stereocenters. The zero-order chi connectivity index (χ0) is 16.8. The summed E-state index contributed by atoms with van der Waals surface area (Å²) in [6.45, 7) is 0.490. The lowest BCUT2D eigenvalue weighted by atomic mass is 10.1. The topological polar surface area (TPSA) is 89.2 Å². The van der Waals surface area contributed by atoms with Crippen molar-refractivity contribution < 1.29 is 13.2 Å². The highest BCUT2D eigenvalue weighted by molar-refractivity contribution is 14.1.